The van der Waals surface area contributed by atoms with Crippen LogP contribution in [-0.4, -0.2) is 25.7 Å². The zero-order valence-corrected chi connectivity index (χ0v) is 12.0. The molecular formula is C13H16BrNO3. The van der Waals surface area contributed by atoms with Crippen molar-refractivity contribution in [3.05, 3.63) is 28.2 Å². The summed E-state index contributed by atoms with van der Waals surface area (Å²) >= 11 is 3.44. The van der Waals surface area contributed by atoms with Crippen LogP contribution in [0.3, 0.4) is 0 Å². The second-order valence-electron chi connectivity index (χ2n) is 4.26. The molecular weight excluding hydrogens is 298 g/mol. The lowest BCUT2D eigenvalue weighted by atomic mass is 10.1. The molecule has 0 aromatic heterocycles. The number of rotatable bonds is 4. The molecule has 1 N–H and O–H groups in total. The third-order valence-electron chi connectivity index (χ3n) is 3.03. The number of hydrogen-bond acceptors (Lipinski definition) is 4. The van der Waals surface area contributed by atoms with Gasteiger partial charge in [-0.05, 0) is 32.2 Å². The van der Waals surface area contributed by atoms with Gasteiger partial charge in [-0.3, -0.25) is 0 Å². The van der Waals surface area contributed by atoms with Crippen molar-refractivity contribution in [1.82, 2.24) is 5.32 Å². The third-order valence-corrected chi connectivity index (χ3v) is 3.52. The fourth-order valence-electron chi connectivity index (χ4n) is 1.86. The minimum Gasteiger partial charge on any atom is -0.478 e. The standard InChI is InChI=1S/C13H16BrNO3/c1-8(15-2)10-7-9(14)3-4-11(10)18-12-5-6-17-13(12)16/h3-4,7-8,12,15H,5-6H2,1-2H3. The van der Waals surface area contributed by atoms with Gasteiger partial charge in [-0.1, -0.05) is 15.9 Å². The van der Waals surface area contributed by atoms with Crippen molar-refractivity contribution in [2.24, 2.45) is 0 Å². The van der Waals surface area contributed by atoms with Crippen LogP contribution >= 0.6 is 15.9 Å². The topological polar surface area (TPSA) is 47.6 Å². The van der Waals surface area contributed by atoms with E-state index in [0.29, 0.717) is 13.0 Å². The van der Waals surface area contributed by atoms with Crippen LogP contribution in [0, 0.1) is 0 Å². The van der Waals surface area contributed by atoms with Crippen molar-refractivity contribution >= 4 is 21.9 Å². The van der Waals surface area contributed by atoms with Crippen LogP contribution in [0.1, 0.15) is 24.9 Å². The highest BCUT2D eigenvalue weighted by molar-refractivity contribution is 9.10. The van der Waals surface area contributed by atoms with E-state index in [1.165, 1.54) is 0 Å². The Balaban J connectivity index is 2.23. The minimum atomic E-state index is -0.478. The molecule has 1 aromatic rings. The molecule has 1 aromatic carbocycles. The maximum absolute atomic E-state index is 11.4. The molecule has 0 amide bonds. The summed E-state index contributed by atoms with van der Waals surface area (Å²) in [5.74, 6) is 0.449. The first-order valence-corrected chi connectivity index (χ1v) is 6.71. The van der Waals surface area contributed by atoms with E-state index in [1.807, 2.05) is 32.2 Å². The molecule has 0 radical (unpaired) electrons. The van der Waals surface area contributed by atoms with E-state index in [1.54, 1.807) is 0 Å². The van der Waals surface area contributed by atoms with E-state index in [2.05, 4.69) is 21.2 Å². The Labute approximate surface area is 115 Å². The van der Waals surface area contributed by atoms with Gasteiger partial charge in [0.1, 0.15) is 5.75 Å². The highest BCUT2D eigenvalue weighted by Crippen LogP contribution is 2.30. The first-order chi connectivity index (χ1) is 8.61. The maximum atomic E-state index is 11.4. The Hall–Kier alpha value is -1.07. The average Bonchev–Trinajstić information content (AvgIpc) is 2.76. The Morgan fingerprint density at radius 3 is 2.94 bits per heavy atom. The van der Waals surface area contributed by atoms with E-state index in [0.717, 1.165) is 15.8 Å². The number of esters is 1. The van der Waals surface area contributed by atoms with E-state index in [4.69, 9.17) is 9.47 Å². The van der Waals surface area contributed by atoms with Gasteiger partial charge in [-0.15, -0.1) is 0 Å². The summed E-state index contributed by atoms with van der Waals surface area (Å²) < 4.78 is 11.6. The molecule has 2 unspecified atom stereocenters. The number of ether oxygens (including phenoxy) is 2. The van der Waals surface area contributed by atoms with Crippen LogP contribution < -0.4 is 10.1 Å². The SMILES string of the molecule is CNC(C)c1cc(Br)ccc1OC1CCOC1=O. The van der Waals surface area contributed by atoms with Crippen molar-refractivity contribution in [2.75, 3.05) is 13.7 Å². The van der Waals surface area contributed by atoms with Gasteiger partial charge < -0.3 is 14.8 Å². The van der Waals surface area contributed by atoms with Gasteiger partial charge in [-0.2, -0.15) is 0 Å². The lowest BCUT2D eigenvalue weighted by Crippen LogP contribution is -2.23. The first-order valence-electron chi connectivity index (χ1n) is 5.92. The minimum absolute atomic E-state index is 0.148. The molecule has 1 aliphatic rings. The molecule has 1 heterocycles. The van der Waals surface area contributed by atoms with Crippen LogP contribution in [0.15, 0.2) is 22.7 Å². The predicted octanol–water partition coefficient (Wildman–Crippen LogP) is 2.42. The van der Waals surface area contributed by atoms with Gasteiger partial charge >= 0.3 is 5.97 Å². The smallest absolute Gasteiger partial charge is 0.347 e. The average molecular weight is 314 g/mol. The van der Waals surface area contributed by atoms with Crippen LogP contribution in [0.5, 0.6) is 5.75 Å². The molecule has 0 aliphatic carbocycles. The normalized spacial score (nSPS) is 20.6. The number of carbonyl (C=O) groups is 1. The quantitative estimate of drug-likeness (QED) is 0.867. The highest BCUT2D eigenvalue weighted by atomic mass is 79.9. The Kier molecular flexibility index (Phi) is 4.24. The molecule has 2 atom stereocenters. The summed E-state index contributed by atoms with van der Waals surface area (Å²) in [5.41, 5.74) is 1.02. The molecule has 4 nitrogen and oxygen atoms in total. The fraction of sp³-hybridized carbons (Fsp3) is 0.462. The largest absolute Gasteiger partial charge is 0.478 e. The zero-order chi connectivity index (χ0) is 13.1. The predicted molar refractivity (Wildman–Crippen MR) is 71.6 cm³/mol. The summed E-state index contributed by atoms with van der Waals surface area (Å²) in [4.78, 5) is 11.4. The molecule has 0 bridgehead atoms. The molecule has 1 aliphatic heterocycles. The second-order valence-corrected chi connectivity index (χ2v) is 5.17. The van der Waals surface area contributed by atoms with E-state index < -0.39 is 6.10 Å². The van der Waals surface area contributed by atoms with Gasteiger partial charge in [0.05, 0.1) is 6.61 Å². The Morgan fingerprint density at radius 2 is 2.33 bits per heavy atom. The fourth-order valence-corrected chi connectivity index (χ4v) is 2.24. The number of benzene rings is 1. The van der Waals surface area contributed by atoms with Gasteiger partial charge in [0.15, 0.2) is 6.10 Å². The number of nitrogens with one attached hydrogen (secondary N) is 1. The van der Waals surface area contributed by atoms with Gasteiger partial charge in [-0.25, -0.2) is 4.79 Å². The molecule has 0 spiro atoms. The van der Waals surface area contributed by atoms with Crippen LogP contribution in [-0.2, 0) is 9.53 Å². The molecule has 5 heteroatoms. The monoisotopic (exact) mass is 313 g/mol. The summed E-state index contributed by atoms with van der Waals surface area (Å²) in [5, 5.41) is 3.17. The number of hydrogen-bond donors (Lipinski definition) is 1. The first kappa shape index (κ1) is 13.4. The van der Waals surface area contributed by atoms with Crippen molar-refractivity contribution in [2.45, 2.75) is 25.5 Å². The highest BCUT2D eigenvalue weighted by Gasteiger charge is 2.29. The summed E-state index contributed by atoms with van der Waals surface area (Å²) in [6.45, 7) is 2.48. The summed E-state index contributed by atoms with van der Waals surface area (Å²) in [6, 6.07) is 5.92. The van der Waals surface area contributed by atoms with Crippen molar-refractivity contribution < 1.29 is 14.3 Å². The van der Waals surface area contributed by atoms with Crippen molar-refractivity contribution in [3.63, 3.8) is 0 Å². The van der Waals surface area contributed by atoms with Gasteiger partial charge in [0.25, 0.3) is 0 Å². The molecule has 98 valence electrons. The summed E-state index contributed by atoms with van der Waals surface area (Å²) in [6.07, 6.45) is 0.136. The molecule has 1 fully saturated rings. The van der Waals surface area contributed by atoms with E-state index in [9.17, 15) is 4.79 Å². The van der Waals surface area contributed by atoms with Crippen molar-refractivity contribution in [1.29, 1.82) is 0 Å². The van der Waals surface area contributed by atoms with Crippen LogP contribution in [0.2, 0.25) is 0 Å². The molecule has 0 saturated carbocycles. The van der Waals surface area contributed by atoms with E-state index in [-0.39, 0.29) is 12.0 Å². The Bertz CT molecular complexity index is 450. The number of carbonyl (C=O) groups excluding carboxylic acids is 1. The van der Waals surface area contributed by atoms with E-state index >= 15 is 0 Å². The number of cyclic esters (lactones) is 1. The maximum Gasteiger partial charge on any atom is 0.347 e. The summed E-state index contributed by atoms with van der Waals surface area (Å²) in [7, 11) is 1.89. The van der Waals surface area contributed by atoms with Crippen molar-refractivity contribution in [3.8, 4) is 5.75 Å². The molecule has 18 heavy (non-hydrogen) atoms. The third kappa shape index (κ3) is 2.84. The second kappa shape index (κ2) is 5.71. The molecule has 2 rings (SSSR count). The molecule has 1 saturated heterocycles. The zero-order valence-electron chi connectivity index (χ0n) is 10.4. The lowest BCUT2D eigenvalue weighted by molar-refractivity contribution is -0.143. The number of halogens is 1. The van der Waals surface area contributed by atoms with Gasteiger partial charge in [0, 0.05) is 22.5 Å². The Morgan fingerprint density at radius 1 is 1.56 bits per heavy atom. The van der Waals surface area contributed by atoms with Gasteiger partial charge in [0.2, 0.25) is 0 Å². The van der Waals surface area contributed by atoms with Crippen LogP contribution in [0.25, 0.3) is 0 Å². The van der Waals surface area contributed by atoms with Crippen LogP contribution in [0.4, 0.5) is 0 Å². The lowest BCUT2D eigenvalue weighted by Gasteiger charge is -2.18.